The third kappa shape index (κ3) is 4.18. The molecule has 0 bridgehead atoms. The second kappa shape index (κ2) is 7.76. The van der Waals surface area contributed by atoms with Crippen LogP contribution in [-0.4, -0.2) is 38.1 Å². The van der Waals surface area contributed by atoms with Crippen molar-refractivity contribution >= 4 is 27.8 Å². The zero-order chi connectivity index (χ0) is 19.7. The molecule has 0 radical (unpaired) electrons. The van der Waals surface area contributed by atoms with E-state index in [2.05, 4.69) is 85.5 Å². The molecule has 0 amide bonds. The molecule has 28 heavy (non-hydrogen) atoms. The van der Waals surface area contributed by atoms with Crippen molar-refractivity contribution in [2.45, 2.75) is 32.8 Å². The minimum atomic E-state index is 0.198. The van der Waals surface area contributed by atoms with E-state index >= 15 is 0 Å². The number of likely N-dealkylation sites (N-methyl/N-ethyl adjacent to an activating group) is 1. The van der Waals surface area contributed by atoms with Gasteiger partial charge in [-0.3, -0.25) is 0 Å². The highest BCUT2D eigenvalue weighted by molar-refractivity contribution is 7.10. The topological polar surface area (TPSA) is 15.7 Å². The highest BCUT2D eigenvalue weighted by atomic mass is 32.1. The van der Waals surface area contributed by atoms with Crippen LogP contribution in [0.2, 0.25) is 0 Å². The van der Waals surface area contributed by atoms with E-state index in [1.807, 2.05) is 11.3 Å². The molecule has 0 aliphatic carbocycles. The van der Waals surface area contributed by atoms with Crippen LogP contribution in [0.1, 0.15) is 31.2 Å². The van der Waals surface area contributed by atoms with E-state index in [0.717, 1.165) is 31.9 Å². The van der Waals surface area contributed by atoms with E-state index < -0.39 is 0 Å². The van der Waals surface area contributed by atoms with Gasteiger partial charge < -0.3 is 14.5 Å². The quantitative estimate of drug-likeness (QED) is 0.579. The molecule has 148 valence electrons. The van der Waals surface area contributed by atoms with Crippen LogP contribution in [0.15, 0.2) is 47.8 Å². The smallest absolute Gasteiger partial charge is 0.120 e. The van der Waals surface area contributed by atoms with Gasteiger partial charge in [0.25, 0.3) is 0 Å². The molecule has 0 atom stereocenters. The third-order valence-electron chi connectivity index (χ3n) is 5.47. The average molecular weight is 395 g/mol. The second-order valence-corrected chi connectivity index (χ2v) is 9.72. The Kier molecular flexibility index (Phi) is 5.35. The summed E-state index contributed by atoms with van der Waals surface area (Å²) in [5, 5.41) is 4.77. The number of thiophene rings is 1. The van der Waals surface area contributed by atoms with E-state index in [-0.39, 0.29) is 5.41 Å². The van der Waals surface area contributed by atoms with E-state index in [0.29, 0.717) is 6.61 Å². The Morgan fingerprint density at radius 3 is 2.50 bits per heavy atom. The lowest BCUT2D eigenvalue weighted by Gasteiger charge is -2.34. The summed E-state index contributed by atoms with van der Waals surface area (Å²) >= 11 is 1.82. The molecular formula is C24H30N2OS. The van der Waals surface area contributed by atoms with Crippen molar-refractivity contribution in [2.75, 3.05) is 38.1 Å². The largest absolute Gasteiger partial charge is 0.489 e. The molecule has 1 aliphatic heterocycles. The maximum atomic E-state index is 6.17. The molecule has 4 rings (SSSR count). The molecule has 3 aromatic rings. The molecule has 0 unspecified atom stereocenters. The Morgan fingerprint density at radius 1 is 1.00 bits per heavy atom. The molecule has 1 aromatic heterocycles. The van der Waals surface area contributed by atoms with Crippen molar-refractivity contribution < 1.29 is 4.74 Å². The fourth-order valence-electron chi connectivity index (χ4n) is 3.66. The number of hydrogen-bond acceptors (Lipinski definition) is 4. The summed E-state index contributed by atoms with van der Waals surface area (Å²) in [7, 11) is 2.20. The Morgan fingerprint density at radius 2 is 1.79 bits per heavy atom. The Balaban J connectivity index is 1.54. The van der Waals surface area contributed by atoms with Gasteiger partial charge in [-0.05, 0) is 47.5 Å². The highest BCUT2D eigenvalue weighted by Crippen LogP contribution is 2.32. The summed E-state index contributed by atoms with van der Waals surface area (Å²) in [4.78, 5) is 6.30. The third-order valence-corrected chi connectivity index (χ3v) is 6.88. The van der Waals surface area contributed by atoms with Gasteiger partial charge in [-0.15, -0.1) is 11.3 Å². The normalized spacial score (nSPS) is 15.9. The van der Waals surface area contributed by atoms with Crippen LogP contribution < -0.4 is 9.64 Å². The van der Waals surface area contributed by atoms with Gasteiger partial charge in [-0.1, -0.05) is 39.0 Å². The SMILES string of the molecule is CN1CCN(c2cccc3ccc(OCc4csc(C(C)(C)C)c4)cc23)CC1. The van der Waals surface area contributed by atoms with Crippen molar-refractivity contribution in [3.63, 3.8) is 0 Å². The molecule has 0 N–H and O–H groups in total. The van der Waals surface area contributed by atoms with Gasteiger partial charge in [-0.2, -0.15) is 0 Å². The maximum Gasteiger partial charge on any atom is 0.120 e. The molecule has 2 aromatic carbocycles. The number of benzene rings is 2. The minimum Gasteiger partial charge on any atom is -0.489 e. The number of fused-ring (bicyclic) bond motifs is 1. The van der Waals surface area contributed by atoms with Gasteiger partial charge >= 0.3 is 0 Å². The van der Waals surface area contributed by atoms with E-state index in [1.165, 1.54) is 26.9 Å². The summed E-state index contributed by atoms with van der Waals surface area (Å²) in [6, 6.07) is 15.3. The fraction of sp³-hybridized carbons (Fsp3) is 0.417. The predicted molar refractivity (Wildman–Crippen MR) is 121 cm³/mol. The Labute approximate surface area is 172 Å². The van der Waals surface area contributed by atoms with Crippen molar-refractivity contribution in [3.8, 4) is 5.75 Å². The van der Waals surface area contributed by atoms with Crippen molar-refractivity contribution in [1.82, 2.24) is 4.90 Å². The van der Waals surface area contributed by atoms with Gasteiger partial charge in [0, 0.05) is 47.7 Å². The molecule has 0 spiro atoms. The lowest BCUT2D eigenvalue weighted by atomic mass is 9.94. The molecule has 3 nitrogen and oxygen atoms in total. The number of rotatable bonds is 4. The monoisotopic (exact) mass is 394 g/mol. The van der Waals surface area contributed by atoms with E-state index in [9.17, 15) is 0 Å². The first-order valence-corrected chi connectivity index (χ1v) is 10.9. The van der Waals surface area contributed by atoms with Crippen molar-refractivity contribution in [1.29, 1.82) is 0 Å². The zero-order valence-corrected chi connectivity index (χ0v) is 18.2. The van der Waals surface area contributed by atoms with Crippen molar-refractivity contribution in [3.05, 3.63) is 58.3 Å². The number of nitrogens with zero attached hydrogens (tertiary/aromatic N) is 2. The van der Waals surface area contributed by atoms with Crippen LogP contribution in [-0.2, 0) is 12.0 Å². The predicted octanol–water partition coefficient (Wildman–Crippen LogP) is 5.53. The Hall–Kier alpha value is -2.04. The van der Waals surface area contributed by atoms with Crippen LogP contribution in [0, 0.1) is 0 Å². The highest BCUT2D eigenvalue weighted by Gasteiger charge is 2.17. The van der Waals surface area contributed by atoms with E-state index in [4.69, 9.17) is 4.74 Å². The molecule has 0 saturated carbocycles. The summed E-state index contributed by atoms with van der Waals surface area (Å²) < 4.78 is 6.17. The molecule has 1 aliphatic rings. The van der Waals surface area contributed by atoms with Crippen LogP contribution in [0.25, 0.3) is 10.8 Å². The minimum absolute atomic E-state index is 0.198. The van der Waals surface area contributed by atoms with Gasteiger partial charge in [0.1, 0.15) is 12.4 Å². The summed E-state index contributed by atoms with van der Waals surface area (Å²) in [5.41, 5.74) is 2.77. The summed E-state index contributed by atoms with van der Waals surface area (Å²) in [5.74, 6) is 0.942. The first kappa shape index (κ1) is 19.3. The van der Waals surface area contributed by atoms with Crippen LogP contribution in [0.3, 0.4) is 0 Å². The molecule has 4 heteroatoms. The lowest BCUT2D eigenvalue weighted by Crippen LogP contribution is -2.44. The van der Waals surface area contributed by atoms with Crippen LogP contribution >= 0.6 is 11.3 Å². The standard InChI is InChI=1S/C24H30N2OS/c1-24(2,3)23-14-18(17-28-23)16-27-20-9-8-19-6-5-7-22(21(19)15-20)26-12-10-25(4)11-13-26/h5-9,14-15,17H,10-13,16H2,1-4H3. The first-order chi connectivity index (χ1) is 13.4. The molecule has 1 fully saturated rings. The second-order valence-electron chi connectivity index (χ2n) is 8.81. The van der Waals surface area contributed by atoms with Gasteiger partial charge in [0.2, 0.25) is 0 Å². The van der Waals surface area contributed by atoms with E-state index in [1.54, 1.807) is 0 Å². The number of ether oxygens (including phenoxy) is 1. The molecule has 2 heterocycles. The van der Waals surface area contributed by atoms with Crippen LogP contribution in [0.4, 0.5) is 5.69 Å². The first-order valence-electron chi connectivity index (χ1n) is 10.1. The van der Waals surface area contributed by atoms with Gasteiger partial charge in [0.15, 0.2) is 0 Å². The summed E-state index contributed by atoms with van der Waals surface area (Å²) in [6.45, 7) is 11.8. The lowest BCUT2D eigenvalue weighted by molar-refractivity contribution is 0.307. The van der Waals surface area contributed by atoms with Gasteiger partial charge in [-0.25, -0.2) is 0 Å². The summed E-state index contributed by atoms with van der Waals surface area (Å²) in [6.07, 6.45) is 0. The number of anilines is 1. The molecule has 1 saturated heterocycles. The fourth-order valence-corrected chi connectivity index (χ4v) is 4.65. The Bertz CT molecular complexity index is 949. The average Bonchev–Trinajstić information content (AvgIpc) is 3.16. The van der Waals surface area contributed by atoms with Crippen LogP contribution in [0.5, 0.6) is 5.75 Å². The van der Waals surface area contributed by atoms with Crippen molar-refractivity contribution in [2.24, 2.45) is 0 Å². The zero-order valence-electron chi connectivity index (χ0n) is 17.4. The number of hydrogen-bond donors (Lipinski definition) is 0. The van der Waals surface area contributed by atoms with Gasteiger partial charge in [0.05, 0.1) is 0 Å². The maximum absolute atomic E-state index is 6.17. The number of piperazine rings is 1. The molecular weight excluding hydrogens is 364 g/mol.